The maximum absolute atomic E-state index is 14.0. The summed E-state index contributed by atoms with van der Waals surface area (Å²) in [4.78, 5) is 44.8. The van der Waals surface area contributed by atoms with Crippen LogP contribution in [0.15, 0.2) is 24.3 Å². The molecule has 0 radical (unpaired) electrons. The first-order valence-electron chi connectivity index (χ1n) is 15.2. The topological polar surface area (TPSA) is 93.8 Å². The smallest absolute Gasteiger partial charge is 0.246 e. The summed E-state index contributed by atoms with van der Waals surface area (Å²) in [6, 6.07) is 6.66. The Morgan fingerprint density at radius 1 is 0.974 bits per heavy atom. The van der Waals surface area contributed by atoms with Gasteiger partial charge in [-0.25, -0.2) is 0 Å². The largest absolute Gasteiger partial charge is 0.347 e. The van der Waals surface area contributed by atoms with E-state index in [0.29, 0.717) is 19.0 Å². The molecule has 1 aromatic rings. The van der Waals surface area contributed by atoms with Gasteiger partial charge in [0, 0.05) is 26.2 Å². The van der Waals surface area contributed by atoms with Gasteiger partial charge < -0.3 is 20.9 Å². The summed E-state index contributed by atoms with van der Waals surface area (Å²) in [5.74, 6) is 0.111. The standard InChI is InChI=1S/C31H49N5O3/c1-21(2)28(34-29(37)22(3)32-4)31(39)36-18-17-35(19-23-11-6-5-7-12-23)20-27(36)30(38)33-26-16-10-14-24-13-8-9-15-25(24)26/h8-9,13,15,21-23,26-28,32H,5-7,10-12,14,16-20H2,1-4H3,(H,33,38)(H,34,37)/t22-,26?,27-,28-/m0/s1. The molecule has 8 heteroatoms. The van der Waals surface area contributed by atoms with Crippen LogP contribution in [0.5, 0.6) is 0 Å². The number of nitrogens with zero attached hydrogens (tertiary/aromatic N) is 2. The fourth-order valence-electron chi connectivity index (χ4n) is 6.50. The minimum absolute atomic E-state index is 0.0369. The van der Waals surface area contributed by atoms with E-state index in [-0.39, 0.29) is 29.7 Å². The Morgan fingerprint density at radius 2 is 1.72 bits per heavy atom. The molecule has 3 amide bonds. The fourth-order valence-corrected chi connectivity index (χ4v) is 6.50. The Balaban J connectivity index is 1.53. The molecule has 8 nitrogen and oxygen atoms in total. The number of fused-ring (bicyclic) bond motifs is 1. The Kier molecular flexibility index (Phi) is 10.4. The number of piperazine rings is 1. The molecule has 4 atom stereocenters. The molecule has 1 unspecified atom stereocenters. The number of benzene rings is 1. The fraction of sp³-hybridized carbons (Fsp3) is 0.710. The Morgan fingerprint density at radius 3 is 2.44 bits per heavy atom. The number of aryl methyl sites for hydroxylation is 1. The van der Waals surface area contributed by atoms with Crippen LogP contribution in [-0.2, 0) is 20.8 Å². The lowest BCUT2D eigenvalue weighted by atomic mass is 9.87. The van der Waals surface area contributed by atoms with Crippen LogP contribution in [0.3, 0.4) is 0 Å². The van der Waals surface area contributed by atoms with Crippen LogP contribution in [0.1, 0.15) is 82.9 Å². The van der Waals surface area contributed by atoms with Crippen LogP contribution >= 0.6 is 0 Å². The van der Waals surface area contributed by atoms with E-state index in [2.05, 4.69) is 39.0 Å². The van der Waals surface area contributed by atoms with E-state index < -0.39 is 18.1 Å². The number of rotatable bonds is 9. The molecular weight excluding hydrogens is 490 g/mol. The highest BCUT2D eigenvalue weighted by atomic mass is 16.2. The second-order valence-corrected chi connectivity index (χ2v) is 12.2. The maximum Gasteiger partial charge on any atom is 0.246 e. The van der Waals surface area contributed by atoms with Gasteiger partial charge in [-0.2, -0.15) is 0 Å². The molecule has 4 rings (SSSR count). The van der Waals surface area contributed by atoms with Crippen LogP contribution in [0, 0.1) is 11.8 Å². The molecule has 3 N–H and O–H groups in total. The van der Waals surface area contributed by atoms with Gasteiger partial charge in [-0.05, 0) is 69.0 Å². The van der Waals surface area contributed by atoms with Crippen LogP contribution in [0.25, 0.3) is 0 Å². The molecule has 0 bridgehead atoms. The van der Waals surface area contributed by atoms with Crippen molar-refractivity contribution in [1.82, 2.24) is 25.8 Å². The van der Waals surface area contributed by atoms with Crippen LogP contribution in [0.4, 0.5) is 0 Å². The summed E-state index contributed by atoms with van der Waals surface area (Å²) in [6.07, 6.45) is 9.37. The Labute approximate surface area is 234 Å². The lowest BCUT2D eigenvalue weighted by Crippen LogP contribution is -2.65. The number of likely N-dealkylation sites (N-methyl/N-ethyl adjacent to an activating group) is 1. The minimum atomic E-state index is -0.677. The van der Waals surface area contributed by atoms with Gasteiger partial charge >= 0.3 is 0 Å². The first-order valence-corrected chi connectivity index (χ1v) is 15.2. The number of carbonyl (C=O) groups is 3. The number of nitrogens with one attached hydrogen (secondary N) is 3. The van der Waals surface area contributed by atoms with Crippen LogP contribution < -0.4 is 16.0 Å². The highest BCUT2D eigenvalue weighted by molar-refractivity contribution is 5.93. The van der Waals surface area contributed by atoms with Crippen molar-refractivity contribution in [3.63, 3.8) is 0 Å². The summed E-state index contributed by atoms with van der Waals surface area (Å²) in [5, 5.41) is 9.24. The highest BCUT2D eigenvalue weighted by Crippen LogP contribution is 2.30. The normalized spacial score (nSPS) is 24.1. The van der Waals surface area contributed by atoms with E-state index >= 15 is 0 Å². The van der Waals surface area contributed by atoms with Crippen molar-refractivity contribution in [2.24, 2.45) is 11.8 Å². The molecule has 1 heterocycles. The lowest BCUT2D eigenvalue weighted by Gasteiger charge is -2.44. The molecule has 0 aromatic heterocycles. The van der Waals surface area contributed by atoms with Crippen molar-refractivity contribution in [2.45, 2.75) is 96.3 Å². The zero-order valence-corrected chi connectivity index (χ0v) is 24.4. The van der Waals surface area contributed by atoms with Gasteiger partial charge in [-0.1, -0.05) is 57.4 Å². The van der Waals surface area contributed by atoms with E-state index in [1.165, 1.54) is 43.2 Å². The first-order chi connectivity index (χ1) is 18.8. The van der Waals surface area contributed by atoms with Crippen LogP contribution in [-0.4, -0.2) is 78.9 Å². The van der Waals surface area contributed by atoms with Crippen molar-refractivity contribution in [2.75, 3.05) is 33.2 Å². The quantitative estimate of drug-likeness (QED) is 0.449. The number of amides is 3. The molecule has 1 saturated heterocycles. The SMILES string of the molecule is CN[C@@H](C)C(=O)N[C@H](C(=O)N1CCN(CC2CCCCC2)C[C@H]1C(=O)NC1CCCc2ccccc21)C(C)C. The van der Waals surface area contributed by atoms with Crippen molar-refractivity contribution in [3.05, 3.63) is 35.4 Å². The van der Waals surface area contributed by atoms with Gasteiger partial charge in [-0.15, -0.1) is 0 Å². The predicted molar refractivity (Wildman–Crippen MR) is 154 cm³/mol. The molecule has 3 aliphatic rings. The van der Waals surface area contributed by atoms with Gasteiger partial charge in [0.15, 0.2) is 0 Å². The average Bonchev–Trinajstić information content (AvgIpc) is 2.95. The Hall–Kier alpha value is -2.45. The van der Waals surface area contributed by atoms with Gasteiger partial charge in [0.1, 0.15) is 12.1 Å². The average molecular weight is 540 g/mol. The highest BCUT2D eigenvalue weighted by Gasteiger charge is 2.40. The molecule has 216 valence electrons. The molecule has 2 fully saturated rings. The molecule has 1 saturated carbocycles. The third kappa shape index (κ3) is 7.40. The van der Waals surface area contributed by atoms with Gasteiger partial charge in [-0.3, -0.25) is 19.3 Å². The summed E-state index contributed by atoms with van der Waals surface area (Å²) in [5.41, 5.74) is 2.49. The van der Waals surface area contributed by atoms with E-state index in [1.54, 1.807) is 18.9 Å². The monoisotopic (exact) mass is 539 g/mol. The molecule has 0 spiro atoms. The number of hydrogen-bond donors (Lipinski definition) is 3. The number of hydrogen-bond acceptors (Lipinski definition) is 5. The third-order valence-electron chi connectivity index (χ3n) is 9.03. The van der Waals surface area contributed by atoms with Crippen molar-refractivity contribution in [3.8, 4) is 0 Å². The van der Waals surface area contributed by atoms with Crippen molar-refractivity contribution in [1.29, 1.82) is 0 Å². The van der Waals surface area contributed by atoms with Crippen LogP contribution in [0.2, 0.25) is 0 Å². The zero-order chi connectivity index (χ0) is 27.9. The Bertz CT molecular complexity index is 992. The molecular formula is C31H49N5O3. The van der Waals surface area contributed by atoms with Gasteiger partial charge in [0.05, 0.1) is 12.1 Å². The first kappa shape index (κ1) is 29.5. The predicted octanol–water partition coefficient (Wildman–Crippen LogP) is 3.02. The second kappa shape index (κ2) is 13.8. The summed E-state index contributed by atoms with van der Waals surface area (Å²) >= 11 is 0. The molecule has 1 aliphatic heterocycles. The minimum Gasteiger partial charge on any atom is -0.347 e. The number of carbonyl (C=O) groups excluding carboxylic acids is 3. The molecule has 39 heavy (non-hydrogen) atoms. The summed E-state index contributed by atoms with van der Waals surface area (Å²) in [7, 11) is 1.73. The summed E-state index contributed by atoms with van der Waals surface area (Å²) in [6.45, 7) is 8.44. The van der Waals surface area contributed by atoms with E-state index in [9.17, 15) is 14.4 Å². The second-order valence-electron chi connectivity index (χ2n) is 12.2. The summed E-state index contributed by atoms with van der Waals surface area (Å²) < 4.78 is 0. The van der Waals surface area contributed by atoms with E-state index in [0.717, 1.165) is 32.4 Å². The van der Waals surface area contributed by atoms with E-state index in [4.69, 9.17) is 0 Å². The zero-order valence-electron chi connectivity index (χ0n) is 24.4. The molecule has 2 aliphatic carbocycles. The lowest BCUT2D eigenvalue weighted by molar-refractivity contribution is -0.148. The maximum atomic E-state index is 14.0. The van der Waals surface area contributed by atoms with Gasteiger partial charge in [0.25, 0.3) is 0 Å². The van der Waals surface area contributed by atoms with Gasteiger partial charge in [0.2, 0.25) is 17.7 Å². The van der Waals surface area contributed by atoms with Crippen molar-refractivity contribution < 1.29 is 14.4 Å². The molecule has 1 aromatic carbocycles. The third-order valence-corrected chi connectivity index (χ3v) is 9.03. The van der Waals surface area contributed by atoms with E-state index in [1.807, 2.05) is 19.9 Å². The van der Waals surface area contributed by atoms with Crippen molar-refractivity contribution >= 4 is 17.7 Å².